The fourth-order valence-corrected chi connectivity index (χ4v) is 3.30. The van der Waals surface area contributed by atoms with Gasteiger partial charge in [0.05, 0.1) is 11.4 Å². The summed E-state index contributed by atoms with van der Waals surface area (Å²) in [5.41, 5.74) is 3.11. The number of aryl methyl sites for hydroxylation is 2. The molecule has 1 fully saturated rings. The third-order valence-corrected chi connectivity index (χ3v) is 4.34. The Balaban J connectivity index is 1.71. The van der Waals surface area contributed by atoms with E-state index in [9.17, 15) is 14.0 Å². The van der Waals surface area contributed by atoms with E-state index in [1.54, 1.807) is 0 Å². The lowest BCUT2D eigenvalue weighted by Crippen LogP contribution is -2.40. The zero-order valence-electron chi connectivity index (χ0n) is 13.7. The van der Waals surface area contributed by atoms with E-state index < -0.39 is 29.7 Å². The third-order valence-electron chi connectivity index (χ3n) is 4.34. The van der Waals surface area contributed by atoms with Gasteiger partial charge in [-0.1, -0.05) is 11.3 Å². The van der Waals surface area contributed by atoms with Crippen LogP contribution >= 0.6 is 0 Å². The molecule has 2 aromatic rings. The molecule has 0 saturated carbocycles. The van der Waals surface area contributed by atoms with Crippen LogP contribution in [0.2, 0.25) is 0 Å². The lowest BCUT2D eigenvalue weighted by molar-refractivity contribution is -0.121. The number of rotatable bonds is 2. The van der Waals surface area contributed by atoms with Crippen molar-refractivity contribution in [2.75, 3.05) is 9.91 Å². The lowest BCUT2D eigenvalue weighted by Gasteiger charge is -2.21. The fourth-order valence-electron chi connectivity index (χ4n) is 3.30. The summed E-state index contributed by atoms with van der Waals surface area (Å²) in [4.78, 5) is 26.6. The summed E-state index contributed by atoms with van der Waals surface area (Å²) in [6.45, 7) is 3.90. The molecule has 0 bridgehead atoms. The van der Waals surface area contributed by atoms with Crippen LogP contribution in [0.1, 0.15) is 11.1 Å². The first-order valence-electron chi connectivity index (χ1n) is 7.87. The molecule has 7 heteroatoms. The van der Waals surface area contributed by atoms with Crippen molar-refractivity contribution in [2.45, 2.75) is 25.9 Å². The van der Waals surface area contributed by atoms with E-state index in [4.69, 9.17) is 0 Å². The van der Waals surface area contributed by atoms with Crippen molar-refractivity contribution < 1.29 is 14.0 Å². The van der Waals surface area contributed by atoms with E-state index in [0.29, 0.717) is 5.69 Å². The second-order valence-corrected chi connectivity index (χ2v) is 6.27. The van der Waals surface area contributed by atoms with Gasteiger partial charge in [-0.3, -0.25) is 9.59 Å². The zero-order valence-corrected chi connectivity index (χ0v) is 13.7. The number of amides is 2. The van der Waals surface area contributed by atoms with Gasteiger partial charge in [-0.05, 0) is 61.4 Å². The summed E-state index contributed by atoms with van der Waals surface area (Å²) in [5, 5.41) is 9.54. The first-order chi connectivity index (χ1) is 12.0. The van der Waals surface area contributed by atoms with Gasteiger partial charge in [-0.25, -0.2) is 14.3 Å². The fraction of sp³-hybridized carbons (Fsp3) is 0.222. The van der Waals surface area contributed by atoms with E-state index in [1.165, 1.54) is 29.3 Å². The Morgan fingerprint density at radius 3 is 2.20 bits per heavy atom. The molecule has 4 rings (SSSR count). The van der Waals surface area contributed by atoms with Crippen molar-refractivity contribution >= 4 is 23.2 Å². The average Bonchev–Trinajstić information content (AvgIpc) is 3.09. The number of nitrogens with zero attached hydrogens (tertiary/aromatic N) is 4. The second-order valence-electron chi connectivity index (χ2n) is 6.27. The van der Waals surface area contributed by atoms with Crippen LogP contribution in [0.15, 0.2) is 52.8 Å². The maximum absolute atomic E-state index is 13.1. The minimum Gasteiger partial charge on any atom is -0.271 e. The summed E-state index contributed by atoms with van der Waals surface area (Å²) >= 11 is 0. The van der Waals surface area contributed by atoms with Gasteiger partial charge < -0.3 is 0 Å². The standard InChI is InChI=1S/C18H15FN4O2/c1-10-7-11(2)9-14(8-10)23-16-15(20-21-23)17(24)22(18(16)25)13-5-3-12(19)4-6-13/h3-9,15-16H,1-2H3/t15-,16+/m1/s1. The Morgan fingerprint density at radius 2 is 1.56 bits per heavy atom. The van der Waals surface area contributed by atoms with Crippen molar-refractivity contribution in [1.29, 1.82) is 0 Å². The Kier molecular flexibility index (Phi) is 3.38. The molecular weight excluding hydrogens is 323 g/mol. The molecule has 0 unspecified atom stereocenters. The van der Waals surface area contributed by atoms with Gasteiger partial charge in [0.15, 0.2) is 12.1 Å². The zero-order chi connectivity index (χ0) is 17.7. The number of anilines is 2. The van der Waals surface area contributed by atoms with E-state index in [2.05, 4.69) is 10.3 Å². The normalized spacial score (nSPS) is 22.0. The summed E-state index contributed by atoms with van der Waals surface area (Å²) in [7, 11) is 0. The van der Waals surface area contributed by atoms with Crippen molar-refractivity contribution in [3.05, 3.63) is 59.4 Å². The Bertz CT molecular complexity index is 890. The van der Waals surface area contributed by atoms with Crippen LogP contribution in [0.4, 0.5) is 15.8 Å². The highest BCUT2D eigenvalue weighted by Crippen LogP contribution is 2.35. The molecule has 0 N–H and O–H groups in total. The number of carbonyl (C=O) groups is 2. The molecule has 2 amide bonds. The smallest absolute Gasteiger partial charge is 0.263 e. The number of fused-ring (bicyclic) bond motifs is 1. The highest BCUT2D eigenvalue weighted by molar-refractivity contribution is 6.26. The maximum atomic E-state index is 13.1. The second kappa shape index (κ2) is 5.47. The first kappa shape index (κ1) is 15.4. The largest absolute Gasteiger partial charge is 0.271 e. The lowest BCUT2D eigenvalue weighted by atomic mass is 10.1. The van der Waals surface area contributed by atoms with Gasteiger partial charge in [0.2, 0.25) is 0 Å². The first-order valence-corrected chi connectivity index (χ1v) is 7.87. The number of imide groups is 1. The van der Waals surface area contributed by atoms with Gasteiger partial charge in [0.25, 0.3) is 11.8 Å². The van der Waals surface area contributed by atoms with Crippen LogP contribution in [-0.2, 0) is 9.59 Å². The summed E-state index contributed by atoms with van der Waals surface area (Å²) in [6, 6.07) is 9.37. The van der Waals surface area contributed by atoms with Crippen molar-refractivity contribution in [1.82, 2.24) is 0 Å². The number of halogens is 1. The van der Waals surface area contributed by atoms with E-state index in [0.717, 1.165) is 21.7 Å². The van der Waals surface area contributed by atoms with Gasteiger partial charge >= 0.3 is 0 Å². The molecule has 25 heavy (non-hydrogen) atoms. The molecule has 0 spiro atoms. The van der Waals surface area contributed by atoms with Crippen LogP contribution in [0.25, 0.3) is 0 Å². The molecule has 2 aromatic carbocycles. The van der Waals surface area contributed by atoms with Crippen molar-refractivity contribution in [3.63, 3.8) is 0 Å². The topological polar surface area (TPSA) is 65.3 Å². The average molecular weight is 338 g/mol. The van der Waals surface area contributed by atoms with Crippen LogP contribution in [0.3, 0.4) is 0 Å². The molecule has 126 valence electrons. The summed E-state index contributed by atoms with van der Waals surface area (Å²) < 4.78 is 13.1. The third kappa shape index (κ3) is 2.39. The van der Waals surface area contributed by atoms with Crippen molar-refractivity contribution in [2.24, 2.45) is 10.3 Å². The Morgan fingerprint density at radius 1 is 0.920 bits per heavy atom. The SMILES string of the molecule is Cc1cc(C)cc(N2N=N[C@H]3C(=O)N(c4ccc(F)cc4)C(=O)[C@H]32)c1. The van der Waals surface area contributed by atoms with Crippen LogP contribution in [-0.4, -0.2) is 23.9 Å². The quantitative estimate of drug-likeness (QED) is 0.791. The molecule has 0 radical (unpaired) electrons. The van der Waals surface area contributed by atoms with Gasteiger partial charge in [-0.15, -0.1) is 0 Å². The predicted molar refractivity (Wildman–Crippen MR) is 89.7 cm³/mol. The highest BCUT2D eigenvalue weighted by Gasteiger charge is 2.55. The minimum atomic E-state index is -0.877. The van der Waals surface area contributed by atoms with Crippen LogP contribution in [0.5, 0.6) is 0 Å². The molecule has 2 atom stereocenters. The molecular formula is C18H15FN4O2. The molecule has 0 aliphatic carbocycles. The molecule has 0 aromatic heterocycles. The van der Waals surface area contributed by atoms with Crippen LogP contribution in [0, 0.1) is 19.7 Å². The molecule has 2 aliphatic rings. The number of hydrogen-bond acceptors (Lipinski definition) is 5. The van der Waals surface area contributed by atoms with Crippen molar-refractivity contribution in [3.8, 4) is 0 Å². The van der Waals surface area contributed by atoms with Gasteiger partial charge in [-0.2, -0.15) is 5.11 Å². The monoisotopic (exact) mass is 338 g/mol. The van der Waals surface area contributed by atoms with E-state index >= 15 is 0 Å². The molecule has 1 saturated heterocycles. The predicted octanol–water partition coefficient (Wildman–Crippen LogP) is 2.94. The van der Waals surface area contributed by atoms with E-state index in [1.807, 2.05) is 32.0 Å². The summed E-state index contributed by atoms with van der Waals surface area (Å²) in [5.74, 6) is -1.29. The highest BCUT2D eigenvalue weighted by atomic mass is 19.1. The Hall–Kier alpha value is -3.09. The van der Waals surface area contributed by atoms with Gasteiger partial charge in [0, 0.05) is 0 Å². The molecule has 2 aliphatic heterocycles. The number of hydrogen-bond donors (Lipinski definition) is 0. The maximum Gasteiger partial charge on any atom is 0.263 e. The summed E-state index contributed by atoms with van der Waals surface area (Å²) in [6.07, 6.45) is 0. The number of benzene rings is 2. The molecule has 2 heterocycles. The van der Waals surface area contributed by atoms with E-state index in [-0.39, 0.29) is 0 Å². The number of carbonyl (C=O) groups excluding carboxylic acids is 2. The molecule has 6 nitrogen and oxygen atoms in total. The van der Waals surface area contributed by atoms with Crippen LogP contribution < -0.4 is 9.91 Å². The minimum absolute atomic E-state index is 0.335. The van der Waals surface area contributed by atoms with Gasteiger partial charge in [0.1, 0.15) is 5.82 Å². The Labute approximate surface area is 143 Å².